The van der Waals surface area contributed by atoms with Gasteiger partial charge in [-0.25, -0.2) is 9.18 Å². The number of rotatable bonds is 1. The molecule has 2 heterocycles. The van der Waals surface area contributed by atoms with E-state index in [0.29, 0.717) is 25.9 Å². The summed E-state index contributed by atoms with van der Waals surface area (Å²) in [6.07, 6.45) is 2.07. The van der Waals surface area contributed by atoms with Crippen LogP contribution >= 0.6 is 0 Å². The predicted molar refractivity (Wildman–Crippen MR) is 75.8 cm³/mol. The molecule has 0 bridgehead atoms. The Morgan fingerprint density at radius 3 is 2.81 bits per heavy atom. The summed E-state index contributed by atoms with van der Waals surface area (Å²) in [6.45, 7) is 2.99. The van der Waals surface area contributed by atoms with Gasteiger partial charge in [0.25, 0.3) is 0 Å². The lowest BCUT2D eigenvalue weighted by molar-refractivity contribution is -0.137. The molecule has 0 saturated carbocycles. The lowest BCUT2D eigenvalue weighted by Gasteiger charge is -2.47. The van der Waals surface area contributed by atoms with Gasteiger partial charge in [0.2, 0.25) is 0 Å². The van der Waals surface area contributed by atoms with Gasteiger partial charge in [0, 0.05) is 13.1 Å². The fraction of sp³-hybridized carbons (Fsp3) is 0.562. The van der Waals surface area contributed by atoms with Gasteiger partial charge in [-0.2, -0.15) is 0 Å². The summed E-state index contributed by atoms with van der Waals surface area (Å²) in [5.41, 5.74) is 1.60. The van der Waals surface area contributed by atoms with Crippen molar-refractivity contribution in [1.29, 1.82) is 0 Å². The van der Waals surface area contributed by atoms with Gasteiger partial charge in [0.1, 0.15) is 5.82 Å². The number of halogens is 1. The van der Waals surface area contributed by atoms with Gasteiger partial charge in [-0.15, -0.1) is 0 Å². The van der Waals surface area contributed by atoms with E-state index in [1.165, 1.54) is 11.0 Å². The van der Waals surface area contributed by atoms with Crippen molar-refractivity contribution < 1.29 is 19.0 Å². The Kier molecular flexibility index (Phi) is 3.61. The van der Waals surface area contributed by atoms with Crippen molar-refractivity contribution >= 4 is 6.09 Å². The van der Waals surface area contributed by atoms with E-state index in [-0.39, 0.29) is 11.9 Å². The van der Waals surface area contributed by atoms with E-state index >= 15 is 0 Å². The number of piperidine rings is 1. The Labute approximate surface area is 123 Å². The van der Waals surface area contributed by atoms with Crippen LogP contribution < -0.4 is 0 Å². The molecule has 1 amide bonds. The highest BCUT2D eigenvalue weighted by Gasteiger charge is 2.44. The zero-order valence-electron chi connectivity index (χ0n) is 12.1. The van der Waals surface area contributed by atoms with E-state index in [1.807, 2.05) is 6.07 Å². The highest BCUT2D eigenvalue weighted by molar-refractivity contribution is 5.65. The Bertz CT molecular complexity index is 552. The minimum absolute atomic E-state index is 0.0793. The van der Waals surface area contributed by atoms with Crippen LogP contribution in [0.3, 0.4) is 0 Å². The quantitative estimate of drug-likeness (QED) is 0.865. The molecule has 1 N–H and O–H groups in total. The van der Waals surface area contributed by atoms with Gasteiger partial charge in [0.15, 0.2) is 0 Å². The highest BCUT2D eigenvalue weighted by atomic mass is 19.1. The molecular weight excluding hydrogens is 273 g/mol. The molecule has 1 aromatic carbocycles. The topological polar surface area (TPSA) is 49.8 Å². The Hall–Kier alpha value is -1.62. The van der Waals surface area contributed by atoms with Crippen LogP contribution in [0.4, 0.5) is 9.18 Å². The summed E-state index contributed by atoms with van der Waals surface area (Å²) in [7, 11) is 0. The van der Waals surface area contributed by atoms with Gasteiger partial charge in [-0.3, -0.25) is 0 Å². The van der Waals surface area contributed by atoms with E-state index < -0.39 is 11.7 Å². The molecule has 0 aromatic heterocycles. The van der Waals surface area contributed by atoms with Crippen LogP contribution in [0.1, 0.15) is 37.3 Å². The maximum Gasteiger partial charge on any atom is 0.407 e. The number of likely N-dealkylation sites (tertiary alicyclic amines) is 1. The van der Waals surface area contributed by atoms with Gasteiger partial charge >= 0.3 is 6.09 Å². The van der Waals surface area contributed by atoms with Crippen molar-refractivity contribution in [2.24, 2.45) is 0 Å². The van der Waals surface area contributed by atoms with Crippen LogP contribution in [0.15, 0.2) is 18.2 Å². The van der Waals surface area contributed by atoms with Crippen molar-refractivity contribution in [3.63, 3.8) is 0 Å². The third kappa shape index (κ3) is 2.50. The number of amides is 1. The van der Waals surface area contributed by atoms with Crippen molar-refractivity contribution in [1.82, 2.24) is 4.90 Å². The monoisotopic (exact) mass is 293 g/mol. The molecular formula is C16H20FNO3. The summed E-state index contributed by atoms with van der Waals surface area (Å²) in [5, 5.41) is 9.09. The van der Waals surface area contributed by atoms with Gasteiger partial charge in [-0.1, -0.05) is 13.0 Å². The van der Waals surface area contributed by atoms with Crippen LogP contribution in [-0.2, 0) is 16.8 Å². The SMILES string of the molecule is CCC1Cc2cc(F)ccc2C2(CCN(C(=O)O)CC2)O1. The van der Waals surface area contributed by atoms with E-state index in [4.69, 9.17) is 9.84 Å². The minimum Gasteiger partial charge on any atom is -0.465 e. The maximum atomic E-state index is 13.5. The molecule has 1 fully saturated rings. The number of carboxylic acid groups (broad SMARTS) is 1. The average molecular weight is 293 g/mol. The second kappa shape index (κ2) is 5.30. The molecule has 1 saturated heterocycles. The number of hydrogen-bond donors (Lipinski definition) is 1. The summed E-state index contributed by atoms with van der Waals surface area (Å²) < 4.78 is 19.8. The summed E-state index contributed by atoms with van der Waals surface area (Å²) >= 11 is 0. The van der Waals surface area contributed by atoms with Crippen molar-refractivity contribution in [2.75, 3.05) is 13.1 Å². The average Bonchev–Trinajstić information content (AvgIpc) is 2.47. The third-order valence-corrected chi connectivity index (χ3v) is 4.69. The molecule has 3 rings (SSSR count). The molecule has 0 aliphatic carbocycles. The number of hydrogen-bond acceptors (Lipinski definition) is 2. The first-order valence-electron chi connectivity index (χ1n) is 7.48. The van der Waals surface area contributed by atoms with Crippen molar-refractivity contribution in [2.45, 2.75) is 44.3 Å². The molecule has 114 valence electrons. The standard InChI is InChI=1S/C16H20FNO3/c1-2-13-10-11-9-12(17)3-4-14(11)16(21-13)5-7-18(8-6-16)15(19)20/h3-4,9,13H,2,5-8,10H2,1H3,(H,19,20). The number of ether oxygens (including phenoxy) is 1. The second-order valence-corrected chi connectivity index (χ2v) is 5.92. The van der Waals surface area contributed by atoms with Gasteiger partial charge < -0.3 is 14.7 Å². The lowest BCUT2D eigenvalue weighted by Crippen LogP contribution is -2.49. The minimum atomic E-state index is -0.882. The molecule has 5 heteroatoms. The predicted octanol–water partition coefficient (Wildman–Crippen LogP) is 3.15. The molecule has 2 aliphatic heterocycles. The normalized spacial score (nSPS) is 23.9. The fourth-order valence-electron chi connectivity index (χ4n) is 3.52. The number of carbonyl (C=O) groups is 1. The Balaban J connectivity index is 1.93. The largest absolute Gasteiger partial charge is 0.465 e. The van der Waals surface area contributed by atoms with E-state index in [0.717, 1.165) is 24.0 Å². The van der Waals surface area contributed by atoms with E-state index in [2.05, 4.69) is 6.92 Å². The van der Waals surface area contributed by atoms with E-state index in [1.54, 1.807) is 6.07 Å². The lowest BCUT2D eigenvalue weighted by atomic mass is 9.78. The molecule has 1 spiro atoms. The molecule has 4 nitrogen and oxygen atoms in total. The summed E-state index contributed by atoms with van der Waals surface area (Å²) in [5.74, 6) is -0.219. The van der Waals surface area contributed by atoms with Gasteiger partial charge in [-0.05, 0) is 48.9 Å². The fourth-order valence-corrected chi connectivity index (χ4v) is 3.52. The number of benzene rings is 1. The molecule has 0 radical (unpaired) electrons. The van der Waals surface area contributed by atoms with Crippen LogP contribution in [0.2, 0.25) is 0 Å². The molecule has 1 unspecified atom stereocenters. The van der Waals surface area contributed by atoms with Crippen LogP contribution in [0.25, 0.3) is 0 Å². The molecule has 2 aliphatic rings. The van der Waals surface area contributed by atoms with Crippen LogP contribution in [0, 0.1) is 5.82 Å². The Morgan fingerprint density at radius 2 is 2.19 bits per heavy atom. The van der Waals surface area contributed by atoms with Crippen LogP contribution in [0.5, 0.6) is 0 Å². The first-order chi connectivity index (χ1) is 10.0. The number of nitrogens with zero attached hydrogens (tertiary/aromatic N) is 1. The first-order valence-corrected chi connectivity index (χ1v) is 7.48. The third-order valence-electron chi connectivity index (χ3n) is 4.69. The molecule has 1 aromatic rings. The summed E-state index contributed by atoms with van der Waals surface area (Å²) in [6, 6.07) is 4.89. The second-order valence-electron chi connectivity index (χ2n) is 5.92. The van der Waals surface area contributed by atoms with Crippen molar-refractivity contribution in [3.05, 3.63) is 35.1 Å². The zero-order chi connectivity index (χ0) is 15.0. The first kappa shape index (κ1) is 14.3. The van der Waals surface area contributed by atoms with Gasteiger partial charge in [0.05, 0.1) is 11.7 Å². The molecule has 21 heavy (non-hydrogen) atoms. The van der Waals surface area contributed by atoms with Crippen LogP contribution in [-0.4, -0.2) is 35.3 Å². The highest BCUT2D eigenvalue weighted by Crippen LogP contribution is 2.44. The Morgan fingerprint density at radius 1 is 1.48 bits per heavy atom. The smallest absolute Gasteiger partial charge is 0.407 e. The van der Waals surface area contributed by atoms with Crippen molar-refractivity contribution in [3.8, 4) is 0 Å². The summed E-state index contributed by atoms with van der Waals surface area (Å²) in [4.78, 5) is 12.5. The zero-order valence-corrected chi connectivity index (χ0v) is 12.1. The molecule has 1 atom stereocenters. The van der Waals surface area contributed by atoms with E-state index in [9.17, 15) is 9.18 Å². The maximum absolute atomic E-state index is 13.5. The number of fused-ring (bicyclic) bond motifs is 2.